The minimum absolute atomic E-state index is 1.12. The highest BCUT2D eigenvalue weighted by molar-refractivity contribution is 7.18. The molecular formula is C17H29NS. The summed E-state index contributed by atoms with van der Waals surface area (Å²) in [5, 5.41) is 1.14. The fourth-order valence-electron chi connectivity index (χ4n) is 1.66. The molecule has 19 heavy (non-hydrogen) atoms. The largest absolute Gasteiger partial charge is 0.242 e. The van der Waals surface area contributed by atoms with Gasteiger partial charge < -0.3 is 0 Å². The molecular weight excluding hydrogens is 250 g/mol. The van der Waals surface area contributed by atoms with Crippen LogP contribution in [0.25, 0.3) is 10.2 Å². The first-order valence-electron chi connectivity index (χ1n) is 7.60. The Morgan fingerprint density at radius 1 is 0.947 bits per heavy atom. The summed E-state index contributed by atoms with van der Waals surface area (Å²) in [6.07, 6.45) is 7.01. The van der Waals surface area contributed by atoms with Crippen molar-refractivity contribution in [1.29, 1.82) is 0 Å². The SMILES string of the molecule is CC.CCCCCCC.Cc1nc2ccccc2s1. The van der Waals surface area contributed by atoms with Crippen molar-refractivity contribution in [2.24, 2.45) is 0 Å². The minimum Gasteiger partial charge on any atom is -0.242 e. The van der Waals surface area contributed by atoms with Gasteiger partial charge in [-0.25, -0.2) is 4.98 Å². The molecule has 0 N–H and O–H groups in total. The zero-order valence-corrected chi connectivity index (χ0v) is 14.0. The molecule has 0 aliphatic heterocycles. The van der Waals surface area contributed by atoms with Crippen LogP contribution in [0.2, 0.25) is 0 Å². The van der Waals surface area contributed by atoms with Gasteiger partial charge in [0.25, 0.3) is 0 Å². The lowest BCUT2D eigenvalue weighted by Gasteiger charge is -1.90. The fraction of sp³-hybridized carbons (Fsp3) is 0.588. The van der Waals surface area contributed by atoms with E-state index < -0.39 is 0 Å². The second kappa shape index (κ2) is 12.2. The van der Waals surface area contributed by atoms with Gasteiger partial charge in [0, 0.05) is 0 Å². The Labute approximate surface area is 123 Å². The molecule has 108 valence electrons. The first-order valence-corrected chi connectivity index (χ1v) is 8.41. The van der Waals surface area contributed by atoms with E-state index in [1.807, 2.05) is 39.0 Å². The smallest absolute Gasteiger partial charge is 0.0907 e. The van der Waals surface area contributed by atoms with Gasteiger partial charge in [0.15, 0.2) is 0 Å². The second-order valence-electron chi connectivity index (χ2n) is 4.26. The van der Waals surface area contributed by atoms with E-state index in [4.69, 9.17) is 0 Å². The third-order valence-corrected chi connectivity index (χ3v) is 3.56. The van der Waals surface area contributed by atoms with Crippen LogP contribution in [0.3, 0.4) is 0 Å². The Hall–Kier alpha value is -0.890. The molecule has 0 atom stereocenters. The molecule has 0 unspecified atom stereocenters. The van der Waals surface area contributed by atoms with E-state index >= 15 is 0 Å². The van der Waals surface area contributed by atoms with Crippen LogP contribution in [0, 0.1) is 6.92 Å². The van der Waals surface area contributed by atoms with Crippen LogP contribution >= 0.6 is 11.3 Å². The number of aromatic nitrogens is 1. The first kappa shape index (κ1) is 18.1. The Balaban J connectivity index is 0.000000321. The number of unbranched alkanes of at least 4 members (excludes halogenated alkanes) is 4. The van der Waals surface area contributed by atoms with Crippen LogP contribution < -0.4 is 0 Å². The van der Waals surface area contributed by atoms with E-state index in [2.05, 4.69) is 24.9 Å². The maximum atomic E-state index is 4.33. The summed E-state index contributed by atoms with van der Waals surface area (Å²) in [5.41, 5.74) is 1.12. The molecule has 2 heteroatoms. The number of thiazole rings is 1. The Morgan fingerprint density at radius 2 is 1.53 bits per heavy atom. The van der Waals surface area contributed by atoms with E-state index in [9.17, 15) is 0 Å². The number of hydrogen-bond acceptors (Lipinski definition) is 2. The molecule has 0 saturated carbocycles. The quantitative estimate of drug-likeness (QED) is 0.574. The first-order chi connectivity index (χ1) is 9.27. The van der Waals surface area contributed by atoms with Crippen molar-refractivity contribution in [2.75, 3.05) is 0 Å². The van der Waals surface area contributed by atoms with Gasteiger partial charge in [-0.3, -0.25) is 0 Å². The molecule has 0 amide bonds. The van der Waals surface area contributed by atoms with Gasteiger partial charge >= 0.3 is 0 Å². The third-order valence-electron chi connectivity index (χ3n) is 2.61. The molecule has 1 aromatic carbocycles. The summed E-state index contributed by atoms with van der Waals surface area (Å²) in [6, 6.07) is 8.19. The van der Waals surface area contributed by atoms with Crippen molar-refractivity contribution < 1.29 is 0 Å². The van der Waals surface area contributed by atoms with Crippen molar-refractivity contribution >= 4 is 21.6 Å². The number of fused-ring (bicyclic) bond motifs is 1. The standard InChI is InChI=1S/C8H7NS.C7H16.C2H6/c1-6-9-7-4-2-3-5-8(7)10-6;1-3-5-7-6-4-2;1-2/h2-5H,1H3;3-7H2,1-2H3;1-2H3. The third kappa shape index (κ3) is 7.99. The lowest BCUT2D eigenvalue weighted by molar-refractivity contribution is 0.656. The van der Waals surface area contributed by atoms with Crippen molar-refractivity contribution in [1.82, 2.24) is 4.98 Å². The van der Waals surface area contributed by atoms with Crippen LogP contribution in [0.15, 0.2) is 24.3 Å². The molecule has 1 nitrogen and oxygen atoms in total. The predicted molar refractivity (Wildman–Crippen MR) is 90.1 cm³/mol. The normalized spacial score (nSPS) is 9.32. The van der Waals surface area contributed by atoms with E-state index in [0.29, 0.717) is 0 Å². The highest BCUT2D eigenvalue weighted by Gasteiger charge is 1.95. The summed E-state index contributed by atoms with van der Waals surface area (Å²) in [4.78, 5) is 4.33. The number of rotatable bonds is 4. The highest BCUT2D eigenvalue weighted by atomic mass is 32.1. The number of aryl methyl sites for hydroxylation is 1. The lowest BCUT2D eigenvalue weighted by Crippen LogP contribution is -1.70. The summed E-state index contributed by atoms with van der Waals surface area (Å²) < 4.78 is 1.28. The molecule has 0 aliphatic carbocycles. The van der Waals surface area contributed by atoms with Crippen molar-refractivity contribution in [3.05, 3.63) is 29.3 Å². The number of benzene rings is 1. The van der Waals surface area contributed by atoms with E-state index in [-0.39, 0.29) is 0 Å². The van der Waals surface area contributed by atoms with Crippen molar-refractivity contribution in [3.63, 3.8) is 0 Å². The zero-order chi connectivity index (χ0) is 14.5. The van der Waals surface area contributed by atoms with Gasteiger partial charge in [-0.2, -0.15) is 0 Å². The average Bonchev–Trinajstić information content (AvgIpc) is 2.82. The van der Waals surface area contributed by atoms with E-state index in [1.54, 1.807) is 11.3 Å². The maximum absolute atomic E-state index is 4.33. The second-order valence-corrected chi connectivity index (χ2v) is 5.50. The maximum Gasteiger partial charge on any atom is 0.0907 e. The molecule has 1 aromatic heterocycles. The van der Waals surface area contributed by atoms with Crippen LogP contribution in [0.5, 0.6) is 0 Å². The highest BCUT2D eigenvalue weighted by Crippen LogP contribution is 2.19. The van der Waals surface area contributed by atoms with Crippen LogP contribution in [0.4, 0.5) is 0 Å². The predicted octanol–water partition coefficient (Wildman–Crippen LogP) is 6.61. The fourth-order valence-corrected chi connectivity index (χ4v) is 2.49. The molecule has 0 saturated heterocycles. The van der Waals surface area contributed by atoms with Gasteiger partial charge in [0.1, 0.15) is 0 Å². The summed E-state index contributed by atoms with van der Waals surface area (Å²) in [6.45, 7) is 10.5. The lowest BCUT2D eigenvalue weighted by atomic mass is 10.2. The van der Waals surface area contributed by atoms with Gasteiger partial charge in [-0.05, 0) is 19.1 Å². The monoisotopic (exact) mass is 279 g/mol. The van der Waals surface area contributed by atoms with Crippen molar-refractivity contribution in [2.45, 2.75) is 66.7 Å². The van der Waals surface area contributed by atoms with Gasteiger partial charge in [0.2, 0.25) is 0 Å². The Kier molecular flexibility index (Phi) is 11.6. The summed E-state index contributed by atoms with van der Waals surface area (Å²) >= 11 is 1.74. The molecule has 2 aromatic rings. The molecule has 0 spiro atoms. The van der Waals surface area contributed by atoms with E-state index in [1.165, 1.54) is 36.8 Å². The van der Waals surface area contributed by atoms with Gasteiger partial charge in [-0.1, -0.05) is 71.9 Å². The summed E-state index contributed by atoms with van der Waals surface area (Å²) in [7, 11) is 0. The van der Waals surface area contributed by atoms with Crippen molar-refractivity contribution in [3.8, 4) is 0 Å². The van der Waals surface area contributed by atoms with Crippen LogP contribution in [-0.4, -0.2) is 4.98 Å². The van der Waals surface area contributed by atoms with E-state index in [0.717, 1.165) is 10.5 Å². The van der Waals surface area contributed by atoms with Gasteiger partial charge in [-0.15, -0.1) is 11.3 Å². The average molecular weight is 279 g/mol. The number of nitrogens with zero attached hydrogens (tertiary/aromatic N) is 1. The molecule has 0 aliphatic rings. The number of para-hydroxylation sites is 1. The number of hydrogen-bond donors (Lipinski definition) is 0. The van der Waals surface area contributed by atoms with Crippen LogP contribution in [-0.2, 0) is 0 Å². The molecule has 2 rings (SSSR count). The summed E-state index contributed by atoms with van der Waals surface area (Å²) in [5.74, 6) is 0. The zero-order valence-electron chi connectivity index (χ0n) is 13.2. The Morgan fingerprint density at radius 3 is 2.05 bits per heavy atom. The topological polar surface area (TPSA) is 12.9 Å². The van der Waals surface area contributed by atoms with Gasteiger partial charge in [0.05, 0.1) is 15.2 Å². The molecule has 0 bridgehead atoms. The Bertz CT molecular complexity index is 383. The minimum atomic E-state index is 1.12. The van der Waals surface area contributed by atoms with Crippen LogP contribution in [0.1, 0.15) is 64.8 Å². The molecule has 0 fully saturated rings. The molecule has 1 heterocycles. The molecule has 0 radical (unpaired) electrons.